The molecule has 0 aromatic carbocycles. The topological polar surface area (TPSA) is 34.2 Å². The zero-order valence-corrected chi connectivity index (χ0v) is 12.6. The molecule has 2 atom stereocenters. The van der Waals surface area contributed by atoms with Gasteiger partial charge in [-0.1, -0.05) is 13.8 Å². The average molecular weight is 268 g/mol. The molecule has 4 heteroatoms. The van der Waals surface area contributed by atoms with Crippen molar-refractivity contribution in [2.24, 2.45) is 5.41 Å². The van der Waals surface area contributed by atoms with E-state index < -0.39 is 0 Å². The van der Waals surface area contributed by atoms with Gasteiger partial charge in [0.2, 0.25) is 0 Å². The standard InChI is InChI=1S/C14H24N2OS/c1-10(2)15-9-14(5-6-17-11(14)3)7-13-8-18-12(4)16-13/h8,10-11,15H,5-7,9H2,1-4H3. The van der Waals surface area contributed by atoms with E-state index in [1.165, 1.54) is 5.69 Å². The Balaban J connectivity index is 2.09. The molecule has 102 valence electrons. The van der Waals surface area contributed by atoms with Gasteiger partial charge in [0.15, 0.2) is 0 Å². The first kappa shape index (κ1) is 14.0. The lowest BCUT2D eigenvalue weighted by Crippen LogP contribution is -2.43. The Hall–Kier alpha value is -0.450. The summed E-state index contributed by atoms with van der Waals surface area (Å²) in [6.07, 6.45) is 2.47. The SMILES string of the molecule is Cc1nc(CC2(CNC(C)C)CCOC2C)cs1. The molecule has 1 saturated heterocycles. The Labute approximate surface area is 114 Å². The van der Waals surface area contributed by atoms with Crippen molar-refractivity contribution in [3.8, 4) is 0 Å². The summed E-state index contributed by atoms with van der Waals surface area (Å²) in [6.45, 7) is 10.6. The fourth-order valence-electron chi connectivity index (χ4n) is 2.60. The summed E-state index contributed by atoms with van der Waals surface area (Å²) in [7, 11) is 0. The Morgan fingerprint density at radius 1 is 1.61 bits per heavy atom. The molecule has 0 bridgehead atoms. The number of aromatic nitrogens is 1. The van der Waals surface area contributed by atoms with E-state index in [9.17, 15) is 0 Å². The second-order valence-corrected chi connectivity index (χ2v) is 6.76. The Morgan fingerprint density at radius 2 is 2.39 bits per heavy atom. The van der Waals surface area contributed by atoms with E-state index >= 15 is 0 Å². The fourth-order valence-corrected chi connectivity index (χ4v) is 3.22. The van der Waals surface area contributed by atoms with Crippen LogP contribution in [-0.2, 0) is 11.2 Å². The molecule has 2 unspecified atom stereocenters. The van der Waals surface area contributed by atoms with Crippen LogP contribution in [0.3, 0.4) is 0 Å². The molecule has 1 N–H and O–H groups in total. The number of hydrogen-bond acceptors (Lipinski definition) is 4. The summed E-state index contributed by atoms with van der Waals surface area (Å²) in [4.78, 5) is 4.62. The average Bonchev–Trinajstić information content (AvgIpc) is 2.85. The summed E-state index contributed by atoms with van der Waals surface area (Å²) in [5.41, 5.74) is 1.44. The maximum Gasteiger partial charge on any atom is 0.0897 e. The first-order valence-electron chi connectivity index (χ1n) is 6.78. The van der Waals surface area contributed by atoms with E-state index in [2.05, 4.69) is 43.4 Å². The number of thiazole rings is 1. The largest absolute Gasteiger partial charge is 0.378 e. The lowest BCUT2D eigenvalue weighted by molar-refractivity contribution is 0.0616. The molecule has 0 saturated carbocycles. The van der Waals surface area contributed by atoms with Gasteiger partial charge in [0.05, 0.1) is 16.8 Å². The van der Waals surface area contributed by atoms with E-state index in [1.807, 2.05) is 0 Å². The van der Waals surface area contributed by atoms with Gasteiger partial charge in [0.25, 0.3) is 0 Å². The molecule has 0 aliphatic carbocycles. The number of ether oxygens (including phenoxy) is 1. The number of aryl methyl sites for hydroxylation is 1. The minimum atomic E-state index is 0.213. The van der Waals surface area contributed by atoms with Crippen LogP contribution in [-0.4, -0.2) is 30.3 Å². The van der Waals surface area contributed by atoms with Crippen molar-refractivity contribution < 1.29 is 4.74 Å². The lowest BCUT2D eigenvalue weighted by atomic mass is 9.77. The van der Waals surface area contributed by atoms with E-state index in [4.69, 9.17) is 4.74 Å². The molecule has 3 nitrogen and oxygen atoms in total. The summed E-state index contributed by atoms with van der Waals surface area (Å²) in [6, 6.07) is 0.520. The molecule has 18 heavy (non-hydrogen) atoms. The minimum absolute atomic E-state index is 0.213. The van der Waals surface area contributed by atoms with E-state index in [0.717, 1.165) is 31.0 Å². The quantitative estimate of drug-likeness (QED) is 0.891. The van der Waals surface area contributed by atoms with E-state index in [-0.39, 0.29) is 5.41 Å². The monoisotopic (exact) mass is 268 g/mol. The highest BCUT2D eigenvalue weighted by molar-refractivity contribution is 7.09. The van der Waals surface area contributed by atoms with Gasteiger partial charge in [-0.3, -0.25) is 0 Å². The molecule has 2 heterocycles. The molecule has 1 aliphatic rings. The van der Waals surface area contributed by atoms with Gasteiger partial charge >= 0.3 is 0 Å². The van der Waals surface area contributed by atoms with Gasteiger partial charge in [0, 0.05) is 30.0 Å². The Kier molecular flexibility index (Phi) is 4.41. The van der Waals surface area contributed by atoms with Crippen LogP contribution in [0.4, 0.5) is 0 Å². The van der Waals surface area contributed by atoms with E-state index in [0.29, 0.717) is 12.1 Å². The van der Waals surface area contributed by atoms with Crippen LogP contribution in [0.1, 0.15) is 37.9 Å². The van der Waals surface area contributed by atoms with Gasteiger partial charge in [0.1, 0.15) is 0 Å². The Bertz CT molecular complexity index is 391. The maximum atomic E-state index is 5.82. The van der Waals surface area contributed by atoms with Crippen molar-refractivity contribution in [3.63, 3.8) is 0 Å². The third-order valence-electron chi connectivity index (χ3n) is 3.89. The highest BCUT2D eigenvalue weighted by Crippen LogP contribution is 2.38. The fraction of sp³-hybridized carbons (Fsp3) is 0.786. The molecule has 1 aromatic rings. The van der Waals surface area contributed by atoms with Gasteiger partial charge in [-0.05, 0) is 26.7 Å². The molecule has 1 aromatic heterocycles. The van der Waals surface area contributed by atoms with Crippen molar-refractivity contribution in [1.29, 1.82) is 0 Å². The van der Waals surface area contributed by atoms with Crippen molar-refractivity contribution in [2.75, 3.05) is 13.2 Å². The van der Waals surface area contributed by atoms with Crippen molar-refractivity contribution in [1.82, 2.24) is 10.3 Å². The van der Waals surface area contributed by atoms with Crippen LogP contribution >= 0.6 is 11.3 Å². The first-order valence-corrected chi connectivity index (χ1v) is 7.66. The van der Waals surface area contributed by atoms with Crippen LogP contribution in [0.15, 0.2) is 5.38 Å². The number of nitrogens with one attached hydrogen (secondary N) is 1. The number of nitrogens with zero attached hydrogens (tertiary/aromatic N) is 1. The number of rotatable bonds is 5. The normalized spacial score (nSPS) is 28.2. The van der Waals surface area contributed by atoms with E-state index in [1.54, 1.807) is 11.3 Å². The summed E-state index contributed by atoms with van der Waals surface area (Å²) in [5, 5.41) is 6.93. The summed E-state index contributed by atoms with van der Waals surface area (Å²) in [5.74, 6) is 0. The smallest absolute Gasteiger partial charge is 0.0897 e. The third-order valence-corrected chi connectivity index (χ3v) is 4.71. The second-order valence-electron chi connectivity index (χ2n) is 5.70. The molecule has 1 aliphatic heterocycles. The van der Waals surface area contributed by atoms with Gasteiger partial charge in [-0.15, -0.1) is 11.3 Å². The minimum Gasteiger partial charge on any atom is -0.378 e. The van der Waals surface area contributed by atoms with Crippen LogP contribution < -0.4 is 5.32 Å². The molecule has 0 amide bonds. The molecule has 2 rings (SSSR count). The predicted octanol–water partition coefficient (Wildman–Crippen LogP) is 2.79. The number of hydrogen-bond donors (Lipinski definition) is 1. The second kappa shape index (κ2) is 5.68. The third kappa shape index (κ3) is 3.11. The van der Waals surface area contributed by atoms with Crippen LogP contribution in [0.25, 0.3) is 0 Å². The first-order chi connectivity index (χ1) is 8.52. The lowest BCUT2D eigenvalue weighted by Gasteiger charge is -2.33. The molecule has 0 radical (unpaired) electrons. The van der Waals surface area contributed by atoms with Crippen molar-refractivity contribution in [2.45, 2.75) is 52.7 Å². The summed E-state index contributed by atoms with van der Waals surface area (Å²) < 4.78 is 5.82. The van der Waals surface area contributed by atoms with Gasteiger partial charge < -0.3 is 10.1 Å². The van der Waals surface area contributed by atoms with Crippen molar-refractivity contribution >= 4 is 11.3 Å². The predicted molar refractivity (Wildman–Crippen MR) is 76.2 cm³/mol. The molecule has 1 fully saturated rings. The van der Waals surface area contributed by atoms with Crippen LogP contribution in [0.5, 0.6) is 0 Å². The molecular weight excluding hydrogens is 244 g/mol. The maximum absolute atomic E-state index is 5.82. The highest BCUT2D eigenvalue weighted by Gasteiger charge is 2.41. The Morgan fingerprint density at radius 3 is 2.89 bits per heavy atom. The zero-order chi connectivity index (χ0) is 13.2. The van der Waals surface area contributed by atoms with Crippen LogP contribution in [0, 0.1) is 12.3 Å². The summed E-state index contributed by atoms with van der Waals surface area (Å²) >= 11 is 1.74. The van der Waals surface area contributed by atoms with Crippen LogP contribution in [0.2, 0.25) is 0 Å². The molecular formula is C14H24N2OS. The van der Waals surface area contributed by atoms with Gasteiger partial charge in [-0.25, -0.2) is 4.98 Å². The highest BCUT2D eigenvalue weighted by atomic mass is 32.1. The van der Waals surface area contributed by atoms with Gasteiger partial charge in [-0.2, -0.15) is 0 Å². The van der Waals surface area contributed by atoms with Crippen molar-refractivity contribution in [3.05, 3.63) is 16.1 Å². The molecule has 0 spiro atoms. The zero-order valence-electron chi connectivity index (χ0n) is 11.8.